The second kappa shape index (κ2) is 3.85. The topological polar surface area (TPSA) is 41.0 Å². The first-order valence-corrected chi connectivity index (χ1v) is 5.37. The van der Waals surface area contributed by atoms with E-state index in [1.54, 1.807) is 4.57 Å². The number of nitrogens with one attached hydrogen (secondary N) is 1. The molecule has 0 aliphatic rings. The second-order valence-corrected chi connectivity index (χ2v) is 4.99. The summed E-state index contributed by atoms with van der Waals surface area (Å²) in [4.78, 5) is 3.03. The fourth-order valence-electron chi connectivity index (χ4n) is 1.47. The molecule has 15 heavy (non-hydrogen) atoms. The number of rotatable bonds is 1. The fourth-order valence-corrected chi connectivity index (χ4v) is 1.93. The third kappa shape index (κ3) is 2.15. The maximum Gasteiger partial charge on any atom is 0.218 e. The van der Waals surface area contributed by atoms with Gasteiger partial charge in [0.15, 0.2) is 4.77 Å². The molecule has 0 radical (unpaired) electrons. The minimum Gasteiger partial charge on any atom is -0.493 e. The second-order valence-electron chi connectivity index (χ2n) is 4.61. The van der Waals surface area contributed by atoms with E-state index in [2.05, 4.69) is 4.98 Å². The molecule has 0 saturated carbocycles. The van der Waals surface area contributed by atoms with Crippen molar-refractivity contribution < 1.29 is 5.11 Å². The number of aromatic amines is 1. The van der Waals surface area contributed by atoms with Gasteiger partial charge in [-0.2, -0.15) is 0 Å². The summed E-state index contributed by atoms with van der Waals surface area (Å²) >= 11 is 5.20. The van der Waals surface area contributed by atoms with Gasteiger partial charge in [0.25, 0.3) is 0 Å². The van der Waals surface area contributed by atoms with Crippen LogP contribution in [0.15, 0.2) is 6.08 Å². The Labute approximate surface area is 95.5 Å². The highest BCUT2D eigenvalue weighted by Crippen LogP contribution is 2.29. The zero-order valence-corrected chi connectivity index (χ0v) is 10.7. The van der Waals surface area contributed by atoms with E-state index in [-0.39, 0.29) is 11.4 Å². The van der Waals surface area contributed by atoms with E-state index in [1.165, 1.54) is 0 Å². The molecule has 1 heterocycles. The minimum absolute atomic E-state index is 0.211. The van der Waals surface area contributed by atoms with Gasteiger partial charge in [-0.3, -0.25) is 4.57 Å². The Morgan fingerprint density at radius 3 is 2.33 bits per heavy atom. The molecule has 0 aliphatic carbocycles. The van der Waals surface area contributed by atoms with E-state index in [0.29, 0.717) is 10.5 Å². The van der Waals surface area contributed by atoms with Crippen LogP contribution >= 0.6 is 12.2 Å². The fraction of sp³-hybridized carbons (Fsp3) is 0.545. The smallest absolute Gasteiger partial charge is 0.218 e. The van der Waals surface area contributed by atoms with Crippen LogP contribution in [0.3, 0.4) is 0 Å². The monoisotopic (exact) mass is 226 g/mol. The lowest BCUT2D eigenvalue weighted by atomic mass is 10.1. The molecule has 2 N–H and O–H groups in total. The lowest BCUT2D eigenvalue weighted by Gasteiger charge is -2.21. The average molecular weight is 226 g/mol. The summed E-state index contributed by atoms with van der Waals surface area (Å²) in [6, 6.07) is 0. The SMILES string of the molecule is CC=C(C)c1[nH]c(=S)n(C(C)(C)C)c1O. The van der Waals surface area contributed by atoms with Gasteiger partial charge in [0.05, 0.1) is 0 Å². The van der Waals surface area contributed by atoms with Crippen LogP contribution in [-0.2, 0) is 5.54 Å². The summed E-state index contributed by atoms with van der Waals surface area (Å²) in [6.45, 7) is 9.88. The lowest BCUT2D eigenvalue weighted by Crippen LogP contribution is -2.21. The molecule has 4 heteroatoms. The van der Waals surface area contributed by atoms with Gasteiger partial charge in [-0.25, -0.2) is 0 Å². The average Bonchev–Trinajstić information content (AvgIpc) is 2.39. The molecule has 3 nitrogen and oxygen atoms in total. The van der Waals surface area contributed by atoms with Crippen molar-refractivity contribution in [3.63, 3.8) is 0 Å². The molecule has 1 aromatic heterocycles. The number of aromatic hydroxyl groups is 1. The Bertz CT molecular complexity index is 446. The first-order valence-electron chi connectivity index (χ1n) is 4.96. The van der Waals surface area contributed by atoms with Crippen molar-refractivity contribution in [2.75, 3.05) is 0 Å². The van der Waals surface area contributed by atoms with E-state index in [1.807, 2.05) is 40.7 Å². The van der Waals surface area contributed by atoms with Crippen LogP contribution in [0.25, 0.3) is 5.57 Å². The van der Waals surface area contributed by atoms with Crippen LogP contribution in [-0.4, -0.2) is 14.7 Å². The van der Waals surface area contributed by atoms with Crippen molar-refractivity contribution in [1.82, 2.24) is 9.55 Å². The summed E-state index contributed by atoms with van der Waals surface area (Å²) in [5.41, 5.74) is 1.48. The highest BCUT2D eigenvalue weighted by atomic mass is 32.1. The van der Waals surface area contributed by atoms with Gasteiger partial charge >= 0.3 is 0 Å². The van der Waals surface area contributed by atoms with Crippen LogP contribution in [0.4, 0.5) is 0 Å². The molecule has 0 saturated heterocycles. The Hall–Kier alpha value is -1.03. The number of H-pyrrole nitrogens is 1. The number of hydrogen-bond donors (Lipinski definition) is 2. The van der Waals surface area contributed by atoms with E-state index >= 15 is 0 Å². The molecule has 0 atom stereocenters. The predicted octanol–water partition coefficient (Wildman–Crippen LogP) is 3.43. The first-order chi connectivity index (χ1) is 6.79. The zero-order chi connectivity index (χ0) is 11.8. The van der Waals surface area contributed by atoms with Gasteiger partial charge < -0.3 is 10.1 Å². The van der Waals surface area contributed by atoms with E-state index in [0.717, 1.165) is 5.57 Å². The van der Waals surface area contributed by atoms with Gasteiger partial charge in [-0.1, -0.05) is 6.08 Å². The van der Waals surface area contributed by atoms with Crippen LogP contribution in [0.5, 0.6) is 5.88 Å². The Morgan fingerprint density at radius 2 is 2.00 bits per heavy atom. The quantitative estimate of drug-likeness (QED) is 0.720. The van der Waals surface area contributed by atoms with E-state index in [9.17, 15) is 5.11 Å². The molecule has 0 spiro atoms. The van der Waals surface area contributed by atoms with Crippen molar-refractivity contribution >= 4 is 17.8 Å². The van der Waals surface area contributed by atoms with E-state index < -0.39 is 0 Å². The summed E-state index contributed by atoms with van der Waals surface area (Å²) in [7, 11) is 0. The Balaban J connectivity index is 3.47. The van der Waals surface area contributed by atoms with Crippen LogP contribution < -0.4 is 0 Å². The van der Waals surface area contributed by atoms with Gasteiger partial charge in [-0.15, -0.1) is 0 Å². The molecule has 0 aromatic carbocycles. The highest BCUT2D eigenvalue weighted by Gasteiger charge is 2.21. The summed E-state index contributed by atoms with van der Waals surface area (Å²) < 4.78 is 2.28. The predicted molar refractivity (Wildman–Crippen MR) is 65.6 cm³/mol. The number of imidazole rings is 1. The summed E-state index contributed by atoms with van der Waals surface area (Å²) in [5.74, 6) is 0.211. The summed E-state index contributed by atoms with van der Waals surface area (Å²) in [5, 5.41) is 10.1. The molecule has 0 amide bonds. The molecule has 1 aromatic rings. The van der Waals surface area contributed by atoms with Crippen LogP contribution in [0.1, 0.15) is 40.3 Å². The van der Waals surface area contributed by atoms with Gasteiger partial charge in [0.2, 0.25) is 5.88 Å². The Kier molecular flexibility index (Phi) is 3.09. The van der Waals surface area contributed by atoms with Crippen molar-refractivity contribution in [2.45, 2.75) is 40.2 Å². The molecule has 0 unspecified atom stereocenters. The maximum atomic E-state index is 10.1. The van der Waals surface area contributed by atoms with Gasteiger partial charge in [0, 0.05) is 5.54 Å². The van der Waals surface area contributed by atoms with Crippen molar-refractivity contribution in [3.05, 3.63) is 16.5 Å². The summed E-state index contributed by atoms with van der Waals surface area (Å²) in [6.07, 6.45) is 1.94. The number of aromatic nitrogens is 2. The highest BCUT2D eigenvalue weighted by molar-refractivity contribution is 7.71. The molecular formula is C11H18N2OS. The van der Waals surface area contributed by atoms with Crippen molar-refractivity contribution in [2.24, 2.45) is 0 Å². The van der Waals surface area contributed by atoms with E-state index in [4.69, 9.17) is 12.2 Å². The van der Waals surface area contributed by atoms with Crippen molar-refractivity contribution in [3.8, 4) is 5.88 Å². The molecule has 0 bridgehead atoms. The number of nitrogens with zero attached hydrogens (tertiary/aromatic N) is 1. The molecule has 84 valence electrons. The lowest BCUT2D eigenvalue weighted by molar-refractivity contribution is 0.322. The van der Waals surface area contributed by atoms with Crippen LogP contribution in [0.2, 0.25) is 0 Å². The largest absolute Gasteiger partial charge is 0.493 e. The van der Waals surface area contributed by atoms with Crippen LogP contribution in [0, 0.1) is 4.77 Å². The minimum atomic E-state index is -0.218. The first kappa shape index (κ1) is 12.0. The molecule has 0 fully saturated rings. The number of hydrogen-bond acceptors (Lipinski definition) is 2. The van der Waals surface area contributed by atoms with Gasteiger partial charge in [-0.05, 0) is 52.4 Å². The third-order valence-corrected chi connectivity index (χ3v) is 2.65. The standard InChI is InChI=1S/C11H18N2OS/c1-6-7(2)8-9(14)13(10(15)12-8)11(3,4)5/h6,14H,1-5H3,(H,12,15). The zero-order valence-electron chi connectivity index (χ0n) is 9.88. The molecule has 1 rings (SSSR count). The Morgan fingerprint density at radius 1 is 1.47 bits per heavy atom. The molecule has 0 aliphatic heterocycles. The maximum absolute atomic E-state index is 10.1. The molecular weight excluding hydrogens is 208 g/mol. The van der Waals surface area contributed by atoms with Gasteiger partial charge in [0.1, 0.15) is 5.69 Å². The normalized spacial score (nSPS) is 13.3. The van der Waals surface area contributed by atoms with Crippen molar-refractivity contribution in [1.29, 1.82) is 0 Å². The number of allylic oxidation sites excluding steroid dienone is 2. The third-order valence-electron chi connectivity index (χ3n) is 2.37.